The van der Waals surface area contributed by atoms with Crippen LogP contribution in [0.3, 0.4) is 0 Å². The summed E-state index contributed by atoms with van der Waals surface area (Å²) in [5.74, 6) is -0.983. The van der Waals surface area contributed by atoms with Gasteiger partial charge in [-0.15, -0.1) is 0 Å². The van der Waals surface area contributed by atoms with Crippen molar-refractivity contribution in [2.45, 2.75) is 49.5 Å². The fourth-order valence-corrected chi connectivity index (χ4v) is 4.71. The van der Waals surface area contributed by atoms with Crippen LogP contribution in [0.4, 0.5) is 0 Å². The molecule has 5 nitrogen and oxygen atoms in total. The number of rotatable bonds is 8. The van der Waals surface area contributed by atoms with Crippen LogP contribution in [0.2, 0.25) is 0 Å². The summed E-state index contributed by atoms with van der Waals surface area (Å²) >= 11 is 0. The zero-order chi connectivity index (χ0) is 19.3. The fraction of sp³-hybridized carbons (Fsp3) is 0.381. The molecule has 1 atom stereocenters. The van der Waals surface area contributed by atoms with E-state index in [0.29, 0.717) is 17.9 Å². The second kappa shape index (κ2) is 8.67. The summed E-state index contributed by atoms with van der Waals surface area (Å²) in [4.78, 5) is 11.8. The van der Waals surface area contributed by atoms with E-state index < -0.39 is 21.9 Å². The highest BCUT2D eigenvalue weighted by atomic mass is 32.2. The third-order valence-corrected chi connectivity index (χ3v) is 6.66. The van der Waals surface area contributed by atoms with Crippen LogP contribution in [0.5, 0.6) is 0 Å². The van der Waals surface area contributed by atoms with Crippen molar-refractivity contribution < 1.29 is 18.3 Å². The predicted molar refractivity (Wildman–Crippen MR) is 104 cm³/mol. The molecule has 1 unspecified atom stereocenters. The number of hydrogen-bond donors (Lipinski definition) is 2. The van der Waals surface area contributed by atoms with Crippen molar-refractivity contribution in [1.82, 2.24) is 4.72 Å². The van der Waals surface area contributed by atoms with Gasteiger partial charge in [0.25, 0.3) is 0 Å². The third kappa shape index (κ3) is 5.17. The van der Waals surface area contributed by atoms with Gasteiger partial charge in [0.2, 0.25) is 10.0 Å². The van der Waals surface area contributed by atoms with Gasteiger partial charge in [-0.2, -0.15) is 0 Å². The van der Waals surface area contributed by atoms with Crippen LogP contribution in [0.25, 0.3) is 0 Å². The normalized spacial score (nSPS) is 16.3. The van der Waals surface area contributed by atoms with E-state index >= 15 is 0 Å². The molecule has 0 heterocycles. The number of aliphatic carboxylic acids is 1. The van der Waals surface area contributed by atoms with Crippen LogP contribution in [0, 0.1) is 5.92 Å². The summed E-state index contributed by atoms with van der Waals surface area (Å²) in [6.45, 7) is 0.213. The lowest BCUT2D eigenvalue weighted by Gasteiger charge is -2.17. The molecular weight excluding hydrogens is 362 g/mol. The minimum atomic E-state index is -3.64. The van der Waals surface area contributed by atoms with Crippen molar-refractivity contribution in [1.29, 1.82) is 0 Å². The van der Waals surface area contributed by atoms with Crippen molar-refractivity contribution >= 4 is 16.0 Å². The molecule has 0 saturated heterocycles. The lowest BCUT2D eigenvalue weighted by atomic mass is 9.88. The number of sulfonamides is 1. The number of carbonyl (C=O) groups is 1. The molecule has 2 aromatic carbocycles. The van der Waals surface area contributed by atoms with Gasteiger partial charge in [0.1, 0.15) is 0 Å². The third-order valence-electron chi connectivity index (χ3n) is 5.24. The van der Waals surface area contributed by atoms with Crippen LogP contribution in [0.15, 0.2) is 59.5 Å². The van der Waals surface area contributed by atoms with Gasteiger partial charge in [-0.05, 0) is 35.6 Å². The first-order valence-electron chi connectivity index (χ1n) is 9.32. The Morgan fingerprint density at radius 2 is 1.67 bits per heavy atom. The maximum atomic E-state index is 12.5. The summed E-state index contributed by atoms with van der Waals surface area (Å²) in [7, 11) is -3.64. The molecule has 2 aromatic rings. The summed E-state index contributed by atoms with van der Waals surface area (Å²) < 4.78 is 27.5. The van der Waals surface area contributed by atoms with Gasteiger partial charge in [-0.1, -0.05) is 68.1 Å². The zero-order valence-electron chi connectivity index (χ0n) is 15.2. The van der Waals surface area contributed by atoms with Crippen molar-refractivity contribution in [2.24, 2.45) is 5.92 Å². The van der Waals surface area contributed by atoms with Crippen LogP contribution in [0.1, 0.15) is 49.1 Å². The monoisotopic (exact) mass is 387 g/mol. The van der Waals surface area contributed by atoms with Crippen LogP contribution in [-0.4, -0.2) is 19.5 Å². The summed E-state index contributed by atoms with van der Waals surface area (Å²) in [6.07, 6.45) is 5.12. The van der Waals surface area contributed by atoms with E-state index in [1.165, 1.54) is 25.0 Å². The Kier molecular flexibility index (Phi) is 6.29. The summed E-state index contributed by atoms with van der Waals surface area (Å²) in [5.41, 5.74) is 1.54. The Bertz CT molecular complexity index is 857. The number of hydrogen-bond acceptors (Lipinski definition) is 3. The zero-order valence-corrected chi connectivity index (χ0v) is 16.0. The maximum absolute atomic E-state index is 12.5. The number of benzene rings is 2. The Morgan fingerprint density at radius 3 is 2.26 bits per heavy atom. The molecule has 3 rings (SSSR count). The topological polar surface area (TPSA) is 83.5 Å². The first-order chi connectivity index (χ1) is 13.0. The molecule has 0 radical (unpaired) electrons. The average molecular weight is 388 g/mol. The second-order valence-corrected chi connectivity index (χ2v) is 8.92. The smallest absolute Gasteiger partial charge is 0.310 e. The van der Waals surface area contributed by atoms with E-state index in [0.717, 1.165) is 18.4 Å². The SMILES string of the molecule is O=C(O)C(CC1CCCC1)c1ccc(S(=O)(=O)NCc2ccccc2)cc1. The lowest BCUT2D eigenvalue weighted by molar-refractivity contribution is -0.139. The van der Waals surface area contributed by atoms with Gasteiger partial charge in [0, 0.05) is 6.54 Å². The Hall–Kier alpha value is -2.18. The molecule has 0 spiro atoms. The Morgan fingerprint density at radius 1 is 1.04 bits per heavy atom. The van der Waals surface area contributed by atoms with Gasteiger partial charge >= 0.3 is 5.97 Å². The first-order valence-corrected chi connectivity index (χ1v) is 10.8. The highest BCUT2D eigenvalue weighted by Gasteiger charge is 2.26. The average Bonchev–Trinajstić information content (AvgIpc) is 3.19. The lowest BCUT2D eigenvalue weighted by Crippen LogP contribution is -2.23. The minimum Gasteiger partial charge on any atom is -0.481 e. The van der Waals surface area contributed by atoms with Crippen molar-refractivity contribution in [2.75, 3.05) is 0 Å². The molecule has 1 fully saturated rings. The van der Waals surface area contributed by atoms with E-state index in [2.05, 4.69) is 4.72 Å². The van der Waals surface area contributed by atoms with E-state index in [1.54, 1.807) is 12.1 Å². The largest absolute Gasteiger partial charge is 0.481 e. The Labute approximate surface area is 160 Å². The van der Waals surface area contributed by atoms with Crippen LogP contribution < -0.4 is 4.72 Å². The second-order valence-electron chi connectivity index (χ2n) is 7.16. The fourth-order valence-electron chi connectivity index (χ4n) is 3.70. The highest BCUT2D eigenvalue weighted by molar-refractivity contribution is 7.89. The number of carboxylic acids is 1. The summed E-state index contributed by atoms with van der Waals surface area (Å²) in [6, 6.07) is 15.5. The molecule has 27 heavy (non-hydrogen) atoms. The van der Waals surface area contributed by atoms with Crippen molar-refractivity contribution in [3.8, 4) is 0 Å². The quantitative estimate of drug-likeness (QED) is 0.719. The van der Waals surface area contributed by atoms with E-state index in [9.17, 15) is 18.3 Å². The predicted octanol–water partition coefficient (Wildman–Crippen LogP) is 3.91. The molecule has 1 aliphatic rings. The van der Waals surface area contributed by atoms with Crippen molar-refractivity contribution in [3.63, 3.8) is 0 Å². The molecule has 0 aliphatic heterocycles. The van der Waals surface area contributed by atoms with Gasteiger partial charge < -0.3 is 5.11 Å². The molecule has 0 aromatic heterocycles. The highest BCUT2D eigenvalue weighted by Crippen LogP contribution is 2.34. The van der Waals surface area contributed by atoms with Crippen LogP contribution >= 0.6 is 0 Å². The molecule has 1 saturated carbocycles. The minimum absolute atomic E-state index is 0.146. The molecule has 0 amide bonds. The number of carboxylic acid groups (broad SMARTS) is 1. The van der Waals surface area contributed by atoms with Gasteiger partial charge in [0.15, 0.2) is 0 Å². The van der Waals surface area contributed by atoms with E-state index in [-0.39, 0.29) is 11.4 Å². The number of nitrogens with one attached hydrogen (secondary N) is 1. The Balaban J connectivity index is 1.69. The van der Waals surface area contributed by atoms with Gasteiger partial charge in [-0.25, -0.2) is 13.1 Å². The molecule has 144 valence electrons. The molecule has 0 bridgehead atoms. The molecule has 2 N–H and O–H groups in total. The molecule has 6 heteroatoms. The van der Waals surface area contributed by atoms with Gasteiger partial charge in [0.05, 0.1) is 10.8 Å². The summed E-state index contributed by atoms with van der Waals surface area (Å²) in [5, 5.41) is 9.60. The molecule has 1 aliphatic carbocycles. The standard InChI is InChI=1S/C21H25NO4S/c23-21(24)20(14-16-6-4-5-7-16)18-10-12-19(13-11-18)27(25,26)22-15-17-8-2-1-3-9-17/h1-3,8-13,16,20,22H,4-7,14-15H2,(H,23,24). The van der Waals surface area contributed by atoms with E-state index in [4.69, 9.17) is 0 Å². The maximum Gasteiger partial charge on any atom is 0.310 e. The molecular formula is C21H25NO4S. The van der Waals surface area contributed by atoms with E-state index in [1.807, 2.05) is 30.3 Å². The van der Waals surface area contributed by atoms with Crippen LogP contribution in [-0.2, 0) is 21.4 Å². The van der Waals surface area contributed by atoms with Gasteiger partial charge in [-0.3, -0.25) is 4.79 Å². The first kappa shape index (κ1) is 19.6. The van der Waals surface area contributed by atoms with Crippen molar-refractivity contribution in [3.05, 3.63) is 65.7 Å².